The SMILES string of the molecule is CCn1cc(C(=O)N[C@]2(CO)C[C@H](C)CC(C)(C)C2)cn1. The summed E-state index contributed by atoms with van der Waals surface area (Å²) in [5.74, 6) is 0.341. The molecule has 0 radical (unpaired) electrons. The number of hydrogen-bond acceptors (Lipinski definition) is 3. The highest BCUT2D eigenvalue weighted by molar-refractivity contribution is 5.94. The van der Waals surface area contributed by atoms with Crippen molar-refractivity contribution in [3.05, 3.63) is 18.0 Å². The number of carbonyl (C=O) groups excluding carboxylic acids is 1. The van der Waals surface area contributed by atoms with E-state index in [1.165, 1.54) is 0 Å². The molecule has 2 rings (SSSR count). The van der Waals surface area contributed by atoms with E-state index in [1.54, 1.807) is 17.1 Å². The molecule has 1 saturated carbocycles. The van der Waals surface area contributed by atoms with Gasteiger partial charge in [-0.1, -0.05) is 20.8 Å². The molecule has 0 spiro atoms. The zero-order valence-corrected chi connectivity index (χ0v) is 13.5. The lowest BCUT2D eigenvalue weighted by atomic mass is 9.64. The summed E-state index contributed by atoms with van der Waals surface area (Å²) >= 11 is 0. The largest absolute Gasteiger partial charge is 0.394 e. The van der Waals surface area contributed by atoms with Crippen LogP contribution in [0.3, 0.4) is 0 Å². The molecule has 118 valence electrons. The molecule has 0 unspecified atom stereocenters. The fourth-order valence-electron chi connectivity index (χ4n) is 3.96. The topological polar surface area (TPSA) is 67.2 Å². The van der Waals surface area contributed by atoms with Gasteiger partial charge in [0.2, 0.25) is 0 Å². The second-order valence-electron chi connectivity index (χ2n) is 7.33. The summed E-state index contributed by atoms with van der Waals surface area (Å²) in [4.78, 5) is 12.4. The van der Waals surface area contributed by atoms with Crippen molar-refractivity contribution in [1.29, 1.82) is 0 Å². The number of rotatable bonds is 4. The van der Waals surface area contributed by atoms with Gasteiger partial charge in [0.15, 0.2) is 0 Å². The highest BCUT2D eigenvalue weighted by atomic mass is 16.3. The monoisotopic (exact) mass is 293 g/mol. The Hall–Kier alpha value is -1.36. The average molecular weight is 293 g/mol. The van der Waals surface area contributed by atoms with Crippen LogP contribution in [-0.4, -0.2) is 32.9 Å². The van der Waals surface area contributed by atoms with E-state index in [-0.39, 0.29) is 17.9 Å². The maximum Gasteiger partial charge on any atom is 0.254 e. The molecular formula is C16H27N3O2. The lowest BCUT2D eigenvalue weighted by Gasteiger charge is -2.47. The van der Waals surface area contributed by atoms with Gasteiger partial charge in [0.1, 0.15) is 0 Å². The second-order valence-corrected chi connectivity index (χ2v) is 7.33. The highest BCUT2D eigenvalue weighted by Crippen LogP contribution is 2.43. The normalized spacial score (nSPS) is 28.3. The van der Waals surface area contributed by atoms with E-state index in [1.807, 2.05) is 6.92 Å². The fourth-order valence-corrected chi connectivity index (χ4v) is 3.96. The number of nitrogens with zero attached hydrogens (tertiary/aromatic N) is 2. The van der Waals surface area contributed by atoms with E-state index >= 15 is 0 Å². The molecule has 5 nitrogen and oxygen atoms in total. The van der Waals surface area contributed by atoms with Crippen LogP contribution in [-0.2, 0) is 6.54 Å². The Kier molecular flexibility index (Phi) is 4.42. The Morgan fingerprint density at radius 1 is 1.52 bits per heavy atom. The molecule has 1 aliphatic rings. The Morgan fingerprint density at radius 2 is 2.24 bits per heavy atom. The Bertz CT molecular complexity index is 509. The molecule has 2 atom stereocenters. The predicted octanol–water partition coefficient (Wildman–Crippen LogP) is 2.21. The van der Waals surface area contributed by atoms with E-state index in [2.05, 4.69) is 31.2 Å². The molecule has 5 heteroatoms. The molecule has 0 aromatic carbocycles. The van der Waals surface area contributed by atoms with E-state index in [4.69, 9.17) is 0 Å². The summed E-state index contributed by atoms with van der Waals surface area (Å²) in [5.41, 5.74) is 0.161. The minimum Gasteiger partial charge on any atom is -0.394 e. The molecule has 1 aromatic heterocycles. The molecule has 0 aliphatic heterocycles. The van der Waals surface area contributed by atoms with Crippen LogP contribution in [0.1, 0.15) is 57.3 Å². The number of aryl methyl sites for hydroxylation is 1. The molecule has 0 saturated heterocycles. The van der Waals surface area contributed by atoms with Crippen molar-refractivity contribution in [3.63, 3.8) is 0 Å². The van der Waals surface area contributed by atoms with E-state index < -0.39 is 5.54 Å². The smallest absolute Gasteiger partial charge is 0.254 e. The van der Waals surface area contributed by atoms with Gasteiger partial charge in [0, 0.05) is 12.7 Å². The number of hydrogen-bond donors (Lipinski definition) is 2. The third kappa shape index (κ3) is 3.64. The Balaban J connectivity index is 2.15. The first kappa shape index (κ1) is 16.0. The quantitative estimate of drug-likeness (QED) is 0.894. The fraction of sp³-hybridized carbons (Fsp3) is 0.750. The van der Waals surface area contributed by atoms with Gasteiger partial charge in [-0.2, -0.15) is 5.10 Å². The predicted molar refractivity (Wildman–Crippen MR) is 82.0 cm³/mol. The van der Waals surface area contributed by atoms with Crippen molar-refractivity contribution < 1.29 is 9.90 Å². The first-order valence-electron chi connectivity index (χ1n) is 7.75. The molecule has 21 heavy (non-hydrogen) atoms. The van der Waals surface area contributed by atoms with Gasteiger partial charge in [-0.3, -0.25) is 9.48 Å². The van der Waals surface area contributed by atoms with Crippen molar-refractivity contribution >= 4 is 5.91 Å². The number of amides is 1. The Labute approximate surface area is 126 Å². The summed E-state index contributed by atoms with van der Waals surface area (Å²) in [6.45, 7) is 9.29. The molecule has 1 aromatic rings. The molecule has 1 aliphatic carbocycles. The molecular weight excluding hydrogens is 266 g/mol. The van der Waals surface area contributed by atoms with E-state index in [0.29, 0.717) is 11.5 Å². The maximum atomic E-state index is 12.4. The van der Waals surface area contributed by atoms with Crippen molar-refractivity contribution in [2.75, 3.05) is 6.61 Å². The van der Waals surface area contributed by atoms with Crippen LogP contribution >= 0.6 is 0 Å². The minimum absolute atomic E-state index is 0.0194. The molecule has 1 amide bonds. The van der Waals surface area contributed by atoms with Gasteiger partial charge in [-0.15, -0.1) is 0 Å². The summed E-state index contributed by atoms with van der Waals surface area (Å²) in [5, 5.41) is 17.1. The highest BCUT2D eigenvalue weighted by Gasteiger charge is 2.43. The second kappa shape index (κ2) is 5.79. The van der Waals surface area contributed by atoms with Crippen molar-refractivity contribution in [2.45, 2.75) is 59.0 Å². The first-order valence-corrected chi connectivity index (χ1v) is 7.75. The van der Waals surface area contributed by atoms with Crippen LogP contribution in [0.2, 0.25) is 0 Å². The summed E-state index contributed by atoms with van der Waals surface area (Å²) < 4.78 is 1.73. The van der Waals surface area contributed by atoms with E-state index in [0.717, 1.165) is 25.8 Å². The number of aliphatic hydroxyl groups is 1. The lowest BCUT2D eigenvalue weighted by Crippen LogP contribution is -2.57. The number of nitrogens with one attached hydrogen (secondary N) is 1. The summed E-state index contributed by atoms with van der Waals surface area (Å²) in [7, 11) is 0. The Morgan fingerprint density at radius 3 is 2.76 bits per heavy atom. The molecule has 1 fully saturated rings. The van der Waals surface area contributed by atoms with Gasteiger partial charge >= 0.3 is 0 Å². The third-order valence-corrected chi connectivity index (χ3v) is 4.36. The lowest BCUT2D eigenvalue weighted by molar-refractivity contribution is 0.0334. The van der Waals surface area contributed by atoms with Crippen LogP contribution in [0.4, 0.5) is 0 Å². The molecule has 2 N–H and O–H groups in total. The van der Waals surface area contributed by atoms with Crippen LogP contribution in [0.15, 0.2) is 12.4 Å². The van der Waals surface area contributed by atoms with Crippen LogP contribution in [0.5, 0.6) is 0 Å². The van der Waals surface area contributed by atoms with Crippen molar-refractivity contribution in [2.24, 2.45) is 11.3 Å². The van der Waals surface area contributed by atoms with Gasteiger partial charge in [0.05, 0.1) is 23.9 Å². The minimum atomic E-state index is -0.521. The maximum absolute atomic E-state index is 12.4. The van der Waals surface area contributed by atoms with Crippen LogP contribution < -0.4 is 5.32 Å². The number of aliphatic hydroxyl groups excluding tert-OH is 1. The number of carbonyl (C=O) groups is 1. The zero-order chi connectivity index (χ0) is 15.7. The molecule has 1 heterocycles. The van der Waals surface area contributed by atoms with Crippen molar-refractivity contribution in [1.82, 2.24) is 15.1 Å². The van der Waals surface area contributed by atoms with Crippen LogP contribution in [0.25, 0.3) is 0 Å². The third-order valence-electron chi connectivity index (χ3n) is 4.36. The number of aromatic nitrogens is 2. The zero-order valence-electron chi connectivity index (χ0n) is 13.5. The average Bonchev–Trinajstić information content (AvgIpc) is 2.85. The van der Waals surface area contributed by atoms with Gasteiger partial charge in [-0.05, 0) is 37.5 Å². The standard InChI is InChI=1S/C16H27N3O2/c1-5-19-9-13(8-17-19)14(21)18-16(11-20)7-12(2)6-15(3,4)10-16/h8-9,12,20H,5-7,10-11H2,1-4H3,(H,18,21)/t12-,16-/m1/s1. The van der Waals surface area contributed by atoms with Gasteiger partial charge < -0.3 is 10.4 Å². The first-order chi connectivity index (χ1) is 9.79. The molecule has 0 bridgehead atoms. The summed E-state index contributed by atoms with van der Waals surface area (Å²) in [6, 6.07) is 0. The van der Waals surface area contributed by atoms with Gasteiger partial charge in [-0.25, -0.2) is 0 Å². The van der Waals surface area contributed by atoms with Crippen LogP contribution in [0, 0.1) is 11.3 Å². The van der Waals surface area contributed by atoms with E-state index in [9.17, 15) is 9.90 Å². The van der Waals surface area contributed by atoms with Gasteiger partial charge in [0.25, 0.3) is 5.91 Å². The summed E-state index contributed by atoms with van der Waals surface area (Å²) in [6.07, 6.45) is 6.08. The van der Waals surface area contributed by atoms with Crippen molar-refractivity contribution in [3.8, 4) is 0 Å².